The van der Waals surface area contributed by atoms with Gasteiger partial charge < -0.3 is 10.1 Å². The van der Waals surface area contributed by atoms with E-state index < -0.39 is 12.0 Å². The lowest BCUT2D eigenvalue weighted by Crippen LogP contribution is -2.37. The Hall–Kier alpha value is -1.33. The van der Waals surface area contributed by atoms with Gasteiger partial charge in [0, 0.05) is 23.5 Å². The average molecular weight is 297 g/mol. The first-order chi connectivity index (χ1) is 8.22. The molecule has 2 rings (SSSR count). The van der Waals surface area contributed by atoms with Gasteiger partial charge >= 0.3 is 5.97 Å². The first-order valence-corrected chi connectivity index (χ1v) is 6.41. The van der Waals surface area contributed by atoms with Crippen molar-refractivity contribution in [3.63, 3.8) is 0 Å². The van der Waals surface area contributed by atoms with Gasteiger partial charge in [-0.3, -0.25) is 10.1 Å². The van der Waals surface area contributed by atoms with Gasteiger partial charge in [0.2, 0.25) is 0 Å². The van der Waals surface area contributed by atoms with E-state index in [0.29, 0.717) is 11.9 Å². The fourth-order valence-electron chi connectivity index (χ4n) is 1.86. The van der Waals surface area contributed by atoms with Gasteiger partial charge in [0.05, 0.1) is 5.45 Å². The molecule has 0 aliphatic carbocycles. The summed E-state index contributed by atoms with van der Waals surface area (Å²) in [5.41, 5.74) is 2.51. The summed E-state index contributed by atoms with van der Waals surface area (Å²) in [7, 11) is 0. The first-order valence-electron chi connectivity index (χ1n) is 5.29. The van der Waals surface area contributed by atoms with Crippen LogP contribution in [0.25, 0.3) is 10.9 Å². The zero-order valence-electron chi connectivity index (χ0n) is 9.11. The van der Waals surface area contributed by atoms with E-state index in [4.69, 9.17) is 5.11 Å². The maximum Gasteiger partial charge on any atom is 0.321 e. The van der Waals surface area contributed by atoms with Crippen LogP contribution in [-0.2, 0) is 11.2 Å². The molecule has 0 spiro atoms. The summed E-state index contributed by atoms with van der Waals surface area (Å²) in [6.07, 6.45) is 2.33. The summed E-state index contributed by atoms with van der Waals surface area (Å²) in [6.45, 7) is 0. The van der Waals surface area contributed by atoms with E-state index >= 15 is 0 Å². The summed E-state index contributed by atoms with van der Waals surface area (Å²) in [4.78, 5) is 14.2. The number of para-hydroxylation sites is 1. The maximum absolute atomic E-state index is 11.1. The third-order valence-electron chi connectivity index (χ3n) is 2.72. The molecular formula is C12H13BrN2O2. The van der Waals surface area contributed by atoms with Crippen molar-refractivity contribution in [2.24, 2.45) is 0 Å². The number of H-pyrrole nitrogens is 1. The Labute approximate surface area is 107 Å². The number of fused-ring (bicyclic) bond motifs is 1. The minimum atomic E-state index is -0.838. The lowest BCUT2D eigenvalue weighted by molar-refractivity contribution is -0.139. The van der Waals surface area contributed by atoms with E-state index in [0.717, 1.165) is 16.5 Å². The van der Waals surface area contributed by atoms with Crippen LogP contribution >= 0.6 is 15.9 Å². The van der Waals surface area contributed by atoms with E-state index in [-0.39, 0.29) is 0 Å². The number of carboxylic acid groups (broad SMARTS) is 1. The van der Waals surface area contributed by atoms with Crippen molar-refractivity contribution in [2.75, 3.05) is 5.45 Å². The second kappa shape index (κ2) is 5.33. The molecule has 0 saturated carbocycles. The summed E-state index contributed by atoms with van der Waals surface area (Å²) in [5, 5.41) is 13.0. The van der Waals surface area contributed by atoms with Gasteiger partial charge in [-0.15, -0.1) is 0 Å². The monoisotopic (exact) mass is 296 g/mol. The van der Waals surface area contributed by atoms with Gasteiger partial charge in [-0.2, -0.15) is 0 Å². The molecule has 0 aliphatic heterocycles. The van der Waals surface area contributed by atoms with Crippen LogP contribution in [0.1, 0.15) is 5.56 Å². The SMILES string of the molecule is O=C(O)C(Cc1c[nH]c2ccccc12)NCBr. The van der Waals surface area contributed by atoms with Gasteiger partial charge in [-0.05, 0) is 11.6 Å². The summed E-state index contributed by atoms with van der Waals surface area (Å²) in [6, 6.07) is 7.30. The third kappa shape index (κ3) is 2.68. The quantitative estimate of drug-likeness (QED) is 0.585. The molecule has 0 saturated heterocycles. The molecule has 90 valence electrons. The highest BCUT2D eigenvalue weighted by Gasteiger charge is 2.18. The number of carbonyl (C=O) groups is 1. The van der Waals surface area contributed by atoms with Gasteiger partial charge in [0.15, 0.2) is 0 Å². The number of aromatic nitrogens is 1. The molecule has 1 unspecified atom stereocenters. The van der Waals surface area contributed by atoms with E-state index in [1.807, 2.05) is 30.5 Å². The predicted molar refractivity (Wildman–Crippen MR) is 70.4 cm³/mol. The molecule has 1 aromatic heterocycles. The van der Waals surface area contributed by atoms with Crippen molar-refractivity contribution in [1.29, 1.82) is 0 Å². The van der Waals surface area contributed by atoms with Crippen LogP contribution in [0.5, 0.6) is 0 Å². The molecular weight excluding hydrogens is 284 g/mol. The zero-order valence-corrected chi connectivity index (χ0v) is 10.7. The fraction of sp³-hybridized carbons (Fsp3) is 0.250. The highest BCUT2D eigenvalue weighted by Crippen LogP contribution is 2.19. The molecule has 0 fully saturated rings. The second-order valence-electron chi connectivity index (χ2n) is 3.79. The van der Waals surface area contributed by atoms with Crippen molar-refractivity contribution in [3.8, 4) is 0 Å². The van der Waals surface area contributed by atoms with Crippen LogP contribution in [0.15, 0.2) is 30.5 Å². The molecule has 4 nitrogen and oxygen atoms in total. The number of nitrogens with one attached hydrogen (secondary N) is 2. The number of aliphatic carboxylic acids is 1. The molecule has 1 heterocycles. The molecule has 0 bridgehead atoms. The Morgan fingerprint density at radius 2 is 2.24 bits per heavy atom. The lowest BCUT2D eigenvalue weighted by atomic mass is 10.1. The second-order valence-corrected chi connectivity index (χ2v) is 4.35. The molecule has 5 heteroatoms. The molecule has 1 aromatic carbocycles. The predicted octanol–water partition coefficient (Wildman–Crippen LogP) is 2.11. The molecule has 3 N–H and O–H groups in total. The van der Waals surface area contributed by atoms with Crippen molar-refractivity contribution < 1.29 is 9.90 Å². The number of carboxylic acids is 1. The largest absolute Gasteiger partial charge is 0.480 e. The van der Waals surface area contributed by atoms with Crippen LogP contribution < -0.4 is 5.32 Å². The topological polar surface area (TPSA) is 65.1 Å². The average Bonchev–Trinajstić information content (AvgIpc) is 2.72. The smallest absolute Gasteiger partial charge is 0.321 e. The molecule has 17 heavy (non-hydrogen) atoms. The highest BCUT2D eigenvalue weighted by molar-refractivity contribution is 9.09. The lowest BCUT2D eigenvalue weighted by Gasteiger charge is -2.11. The van der Waals surface area contributed by atoms with Gasteiger partial charge in [0.1, 0.15) is 6.04 Å². The number of alkyl halides is 1. The van der Waals surface area contributed by atoms with Crippen molar-refractivity contribution in [2.45, 2.75) is 12.5 Å². The van der Waals surface area contributed by atoms with Crippen LogP contribution in [0.2, 0.25) is 0 Å². The Bertz CT molecular complexity index is 524. The normalized spacial score (nSPS) is 12.8. The first kappa shape index (κ1) is 12.1. The van der Waals surface area contributed by atoms with Crippen LogP contribution in [0.4, 0.5) is 0 Å². The van der Waals surface area contributed by atoms with Crippen LogP contribution in [0.3, 0.4) is 0 Å². The van der Waals surface area contributed by atoms with Crippen LogP contribution in [0, 0.1) is 0 Å². The van der Waals surface area contributed by atoms with E-state index in [1.54, 1.807) is 0 Å². The molecule has 1 atom stereocenters. The fourth-order valence-corrected chi connectivity index (χ4v) is 2.25. The highest BCUT2D eigenvalue weighted by atomic mass is 79.9. The minimum Gasteiger partial charge on any atom is -0.480 e. The number of halogens is 1. The number of hydrogen-bond acceptors (Lipinski definition) is 2. The van der Waals surface area contributed by atoms with E-state index in [2.05, 4.69) is 26.2 Å². The van der Waals surface area contributed by atoms with Crippen molar-refractivity contribution in [3.05, 3.63) is 36.0 Å². The number of hydrogen-bond donors (Lipinski definition) is 3. The Morgan fingerprint density at radius 1 is 1.47 bits per heavy atom. The van der Waals surface area contributed by atoms with Gasteiger partial charge in [0.25, 0.3) is 0 Å². The van der Waals surface area contributed by atoms with E-state index in [1.165, 1.54) is 0 Å². The van der Waals surface area contributed by atoms with Crippen molar-refractivity contribution in [1.82, 2.24) is 10.3 Å². The molecule has 2 aromatic rings. The summed E-state index contributed by atoms with van der Waals surface area (Å²) < 4.78 is 0. The zero-order chi connectivity index (χ0) is 12.3. The van der Waals surface area contributed by atoms with Gasteiger partial charge in [-0.1, -0.05) is 34.1 Å². The number of rotatable bonds is 5. The standard InChI is InChI=1S/C12H13BrN2O2/c13-7-15-11(12(16)17)5-8-6-14-10-4-2-1-3-9(8)10/h1-4,6,11,14-15H,5,7H2,(H,16,17). The molecule has 0 amide bonds. The molecule has 0 aliphatic rings. The number of aromatic amines is 1. The Balaban J connectivity index is 2.25. The molecule has 0 radical (unpaired) electrons. The van der Waals surface area contributed by atoms with Gasteiger partial charge in [-0.25, -0.2) is 0 Å². The summed E-state index contributed by atoms with van der Waals surface area (Å²) in [5.74, 6) is -0.838. The third-order valence-corrected chi connectivity index (χ3v) is 3.04. The van der Waals surface area contributed by atoms with E-state index in [9.17, 15) is 4.79 Å². The Kier molecular flexibility index (Phi) is 3.81. The number of benzene rings is 1. The minimum absolute atomic E-state index is 0.463. The van der Waals surface area contributed by atoms with Crippen molar-refractivity contribution >= 4 is 32.8 Å². The maximum atomic E-state index is 11.1. The Morgan fingerprint density at radius 3 is 2.94 bits per heavy atom. The van der Waals surface area contributed by atoms with Crippen LogP contribution in [-0.4, -0.2) is 27.6 Å². The summed E-state index contributed by atoms with van der Waals surface area (Å²) >= 11 is 3.19.